The first-order valence-electron chi connectivity index (χ1n) is 9.28. The second kappa shape index (κ2) is 9.21. The Kier molecular flexibility index (Phi) is 6.46. The standard InChI is InChI=1S/C20H26N4O3/c1-26-17-7-6-15(14-18(17)27-2)8-10-21-19(25)16-9-11-22-20(23-16)24-12-4-3-5-13-24/h6-7,9,11,14H,3-5,8,10,12-13H2,1-2H3,(H,21,25). The SMILES string of the molecule is COc1ccc(CCNC(=O)c2ccnc(N3CCCCC3)n2)cc1OC. The van der Waals surface area contributed by atoms with Crippen LogP contribution in [0, 0.1) is 0 Å². The predicted octanol–water partition coefficient (Wildman–Crippen LogP) is 2.46. The molecule has 1 aromatic heterocycles. The topological polar surface area (TPSA) is 76.6 Å². The Balaban J connectivity index is 1.56. The molecule has 1 aromatic carbocycles. The number of rotatable bonds is 7. The number of aromatic nitrogens is 2. The van der Waals surface area contributed by atoms with E-state index in [1.165, 1.54) is 6.42 Å². The number of nitrogens with zero attached hydrogens (tertiary/aromatic N) is 3. The van der Waals surface area contributed by atoms with E-state index in [1.54, 1.807) is 26.5 Å². The third-order valence-electron chi connectivity index (χ3n) is 4.66. The molecule has 0 radical (unpaired) electrons. The maximum Gasteiger partial charge on any atom is 0.270 e. The van der Waals surface area contributed by atoms with Crippen LogP contribution in [0.25, 0.3) is 0 Å². The van der Waals surface area contributed by atoms with Crippen molar-refractivity contribution in [3.63, 3.8) is 0 Å². The lowest BCUT2D eigenvalue weighted by molar-refractivity contribution is 0.0949. The van der Waals surface area contributed by atoms with E-state index in [9.17, 15) is 4.79 Å². The molecule has 144 valence electrons. The van der Waals surface area contributed by atoms with Gasteiger partial charge in [0.15, 0.2) is 11.5 Å². The first-order valence-corrected chi connectivity index (χ1v) is 9.28. The summed E-state index contributed by atoms with van der Waals surface area (Å²) in [4.78, 5) is 23.3. The monoisotopic (exact) mass is 370 g/mol. The smallest absolute Gasteiger partial charge is 0.270 e. The van der Waals surface area contributed by atoms with Crippen LogP contribution in [0.1, 0.15) is 35.3 Å². The molecule has 0 bridgehead atoms. The van der Waals surface area contributed by atoms with Gasteiger partial charge in [0.25, 0.3) is 5.91 Å². The van der Waals surface area contributed by atoms with Crippen molar-refractivity contribution in [2.24, 2.45) is 0 Å². The van der Waals surface area contributed by atoms with Crippen molar-refractivity contribution in [2.45, 2.75) is 25.7 Å². The Labute approximate surface area is 159 Å². The van der Waals surface area contributed by atoms with Gasteiger partial charge in [-0.1, -0.05) is 6.07 Å². The number of carbonyl (C=O) groups is 1. The predicted molar refractivity (Wildman–Crippen MR) is 104 cm³/mol. The Hall–Kier alpha value is -2.83. The molecule has 7 nitrogen and oxygen atoms in total. The number of anilines is 1. The molecular weight excluding hydrogens is 344 g/mol. The van der Waals surface area contributed by atoms with Crippen molar-refractivity contribution in [1.82, 2.24) is 15.3 Å². The first kappa shape index (κ1) is 18.9. The second-order valence-electron chi connectivity index (χ2n) is 6.48. The lowest BCUT2D eigenvalue weighted by Gasteiger charge is -2.26. The molecule has 0 unspecified atom stereocenters. The molecule has 1 fully saturated rings. The fourth-order valence-corrected chi connectivity index (χ4v) is 3.17. The van der Waals surface area contributed by atoms with Crippen molar-refractivity contribution in [3.8, 4) is 11.5 Å². The van der Waals surface area contributed by atoms with Gasteiger partial charge in [0.2, 0.25) is 5.95 Å². The summed E-state index contributed by atoms with van der Waals surface area (Å²) in [5, 5.41) is 2.92. The molecule has 2 aromatic rings. The molecule has 1 aliphatic rings. The fourth-order valence-electron chi connectivity index (χ4n) is 3.17. The van der Waals surface area contributed by atoms with Crippen LogP contribution in [-0.2, 0) is 6.42 Å². The quantitative estimate of drug-likeness (QED) is 0.807. The van der Waals surface area contributed by atoms with Gasteiger partial charge in [-0.25, -0.2) is 9.97 Å². The molecule has 1 N–H and O–H groups in total. The van der Waals surface area contributed by atoms with Crippen molar-refractivity contribution in [3.05, 3.63) is 41.7 Å². The Morgan fingerprint density at radius 3 is 2.63 bits per heavy atom. The van der Waals surface area contributed by atoms with Gasteiger partial charge in [0.1, 0.15) is 5.69 Å². The van der Waals surface area contributed by atoms with Gasteiger partial charge in [0, 0.05) is 25.8 Å². The molecule has 0 saturated carbocycles. The molecule has 1 amide bonds. The van der Waals surface area contributed by atoms with Crippen LogP contribution in [0.4, 0.5) is 5.95 Å². The second-order valence-corrected chi connectivity index (χ2v) is 6.48. The molecule has 27 heavy (non-hydrogen) atoms. The van der Waals surface area contributed by atoms with Crippen LogP contribution in [-0.4, -0.2) is 49.7 Å². The molecule has 1 aliphatic heterocycles. The van der Waals surface area contributed by atoms with Crippen LogP contribution in [0.3, 0.4) is 0 Å². The number of carbonyl (C=O) groups excluding carboxylic acids is 1. The molecular formula is C20H26N4O3. The number of methoxy groups -OCH3 is 2. The minimum Gasteiger partial charge on any atom is -0.493 e. The van der Waals surface area contributed by atoms with Crippen LogP contribution in [0.15, 0.2) is 30.5 Å². The molecule has 7 heteroatoms. The van der Waals surface area contributed by atoms with Crippen LogP contribution in [0.2, 0.25) is 0 Å². The lowest BCUT2D eigenvalue weighted by atomic mass is 10.1. The van der Waals surface area contributed by atoms with E-state index >= 15 is 0 Å². The highest BCUT2D eigenvalue weighted by Crippen LogP contribution is 2.27. The van der Waals surface area contributed by atoms with Gasteiger partial charge >= 0.3 is 0 Å². The van der Waals surface area contributed by atoms with Crippen molar-refractivity contribution in [1.29, 1.82) is 0 Å². The summed E-state index contributed by atoms with van der Waals surface area (Å²) < 4.78 is 10.6. The van der Waals surface area contributed by atoms with Crippen molar-refractivity contribution in [2.75, 3.05) is 38.8 Å². The zero-order valence-electron chi connectivity index (χ0n) is 15.9. The van der Waals surface area contributed by atoms with E-state index in [0.717, 1.165) is 31.5 Å². The van der Waals surface area contributed by atoms with Crippen LogP contribution < -0.4 is 19.7 Å². The summed E-state index contributed by atoms with van der Waals surface area (Å²) in [7, 11) is 3.22. The largest absolute Gasteiger partial charge is 0.493 e. The average Bonchev–Trinajstić information content (AvgIpc) is 2.74. The molecule has 0 aliphatic carbocycles. The minimum atomic E-state index is -0.184. The van der Waals surface area contributed by atoms with Gasteiger partial charge in [-0.05, 0) is 49.4 Å². The van der Waals surface area contributed by atoms with Crippen molar-refractivity contribution >= 4 is 11.9 Å². The maximum absolute atomic E-state index is 12.4. The third-order valence-corrected chi connectivity index (χ3v) is 4.66. The van der Waals surface area contributed by atoms with E-state index in [1.807, 2.05) is 18.2 Å². The molecule has 0 spiro atoms. The first-order chi connectivity index (χ1) is 13.2. The highest BCUT2D eigenvalue weighted by molar-refractivity contribution is 5.92. The fraction of sp³-hybridized carbons (Fsp3) is 0.450. The van der Waals surface area contributed by atoms with Gasteiger partial charge in [-0.2, -0.15) is 0 Å². The minimum absolute atomic E-state index is 0.184. The van der Waals surface area contributed by atoms with E-state index in [0.29, 0.717) is 36.1 Å². The number of benzene rings is 1. The van der Waals surface area contributed by atoms with Crippen molar-refractivity contribution < 1.29 is 14.3 Å². The molecule has 1 saturated heterocycles. The van der Waals surface area contributed by atoms with E-state index in [-0.39, 0.29) is 5.91 Å². The van der Waals surface area contributed by atoms with Gasteiger partial charge in [-0.3, -0.25) is 4.79 Å². The summed E-state index contributed by atoms with van der Waals surface area (Å²) in [6.45, 7) is 2.41. The lowest BCUT2D eigenvalue weighted by Crippen LogP contribution is -2.32. The summed E-state index contributed by atoms with van der Waals surface area (Å²) in [5.41, 5.74) is 1.46. The molecule has 3 rings (SSSR count). The highest BCUT2D eigenvalue weighted by atomic mass is 16.5. The Morgan fingerprint density at radius 1 is 1.11 bits per heavy atom. The summed E-state index contributed by atoms with van der Waals surface area (Å²) in [6, 6.07) is 7.40. The number of hydrogen-bond acceptors (Lipinski definition) is 6. The molecule has 0 atom stereocenters. The number of nitrogens with one attached hydrogen (secondary N) is 1. The molecule has 2 heterocycles. The Morgan fingerprint density at radius 2 is 1.89 bits per heavy atom. The zero-order valence-corrected chi connectivity index (χ0v) is 15.9. The average molecular weight is 370 g/mol. The highest BCUT2D eigenvalue weighted by Gasteiger charge is 2.15. The van der Waals surface area contributed by atoms with Crippen LogP contribution in [0.5, 0.6) is 11.5 Å². The van der Waals surface area contributed by atoms with E-state index < -0.39 is 0 Å². The third kappa shape index (κ3) is 4.87. The summed E-state index contributed by atoms with van der Waals surface area (Å²) in [5.74, 6) is 1.83. The summed E-state index contributed by atoms with van der Waals surface area (Å²) in [6.07, 6.45) is 5.87. The van der Waals surface area contributed by atoms with E-state index in [4.69, 9.17) is 9.47 Å². The number of amides is 1. The number of hydrogen-bond donors (Lipinski definition) is 1. The zero-order chi connectivity index (χ0) is 19.1. The number of ether oxygens (including phenoxy) is 2. The van der Waals surface area contributed by atoms with Gasteiger partial charge < -0.3 is 19.7 Å². The normalized spacial score (nSPS) is 13.9. The summed E-state index contributed by atoms with van der Waals surface area (Å²) >= 11 is 0. The number of piperidine rings is 1. The van der Waals surface area contributed by atoms with Gasteiger partial charge in [0.05, 0.1) is 14.2 Å². The van der Waals surface area contributed by atoms with Crippen LogP contribution >= 0.6 is 0 Å². The maximum atomic E-state index is 12.4. The van der Waals surface area contributed by atoms with E-state index in [2.05, 4.69) is 20.2 Å². The Bertz CT molecular complexity index is 776. The van der Waals surface area contributed by atoms with Gasteiger partial charge in [-0.15, -0.1) is 0 Å².